The van der Waals surface area contributed by atoms with E-state index in [-0.39, 0.29) is 17.4 Å². The highest BCUT2D eigenvalue weighted by Gasteiger charge is 2.17. The average molecular weight is 341 g/mol. The molecule has 0 amide bonds. The number of benzene rings is 2. The van der Waals surface area contributed by atoms with Crippen molar-refractivity contribution in [3.8, 4) is 0 Å². The van der Waals surface area contributed by atoms with Gasteiger partial charge in [0.2, 0.25) is 5.43 Å². The second-order valence-corrected chi connectivity index (χ2v) is 5.53. The van der Waals surface area contributed by atoms with Crippen LogP contribution >= 0.6 is 0 Å². The molecule has 25 heavy (non-hydrogen) atoms. The molecule has 0 aliphatic rings. The second-order valence-electron chi connectivity index (χ2n) is 5.53. The van der Waals surface area contributed by atoms with E-state index in [1.54, 1.807) is 18.2 Å². The minimum atomic E-state index is -1.42. The molecule has 0 aliphatic heterocycles. The van der Waals surface area contributed by atoms with Gasteiger partial charge in [-0.15, -0.1) is 0 Å². The maximum atomic E-state index is 13.6. The number of aromatic carboxylic acids is 1. The highest BCUT2D eigenvalue weighted by molar-refractivity contribution is 5.92. The SMILES string of the molecule is C=Cc1ccc(Cn2cc(C(=O)O)c(=O)c3cc(F)c(F)cc32)cc1. The third-order valence-electron chi connectivity index (χ3n) is 3.92. The normalized spacial score (nSPS) is 10.8. The molecule has 6 heteroatoms. The van der Waals surface area contributed by atoms with Crippen LogP contribution in [0, 0.1) is 11.6 Å². The fourth-order valence-corrected chi connectivity index (χ4v) is 2.62. The molecule has 0 saturated heterocycles. The van der Waals surface area contributed by atoms with Crippen LogP contribution < -0.4 is 5.43 Å². The first-order valence-electron chi connectivity index (χ1n) is 7.37. The van der Waals surface area contributed by atoms with Crippen LogP contribution in [-0.4, -0.2) is 15.6 Å². The Kier molecular flexibility index (Phi) is 4.19. The summed E-state index contributed by atoms with van der Waals surface area (Å²) in [6.07, 6.45) is 2.82. The van der Waals surface area contributed by atoms with Crippen molar-refractivity contribution in [1.82, 2.24) is 4.57 Å². The van der Waals surface area contributed by atoms with Gasteiger partial charge in [-0.2, -0.15) is 0 Å². The van der Waals surface area contributed by atoms with E-state index in [0.717, 1.165) is 29.5 Å². The Balaban J connectivity index is 2.22. The number of pyridine rings is 1. The van der Waals surface area contributed by atoms with Crippen LogP contribution in [0.2, 0.25) is 0 Å². The molecule has 0 bridgehead atoms. The van der Waals surface area contributed by atoms with Gasteiger partial charge in [0, 0.05) is 24.2 Å². The summed E-state index contributed by atoms with van der Waals surface area (Å²) >= 11 is 0. The predicted molar refractivity (Wildman–Crippen MR) is 90.7 cm³/mol. The van der Waals surface area contributed by atoms with Gasteiger partial charge in [-0.3, -0.25) is 4.79 Å². The van der Waals surface area contributed by atoms with Crippen molar-refractivity contribution in [1.29, 1.82) is 0 Å². The Morgan fingerprint density at radius 1 is 1.16 bits per heavy atom. The van der Waals surface area contributed by atoms with Gasteiger partial charge >= 0.3 is 5.97 Å². The maximum Gasteiger partial charge on any atom is 0.341 e. The number of aromatic nitrogens is 1. The van der Waals surface area contributed by atoms with E-state index in [0.29, 0.717) is 0 Å². The van der Waals surface area contributed by atoms with Crippen LogP contribution in [0.5, 0.6) is 0 Å². The molecule has 2 aromatic carbocycles. The smallest absolute Gasteiger partial charge is 0.341 e. The fourth-order valence-electron chi connectivity index (χ4n) is 2.62. The monoisotopic (exact) mass is 341 g/mol. The molecule has 126 valence electrons. The van der Waals surface area contributed by atoms with Crippen molar-refractivity contribution >= 4 is 22.9 Å². The first-order chi connectivity index (χ1) is 11.9. The number of rotatable bonds is 4. The lowest BCUT2D eigenvalue weighted by Crippen LogP contribution is -2.19. The van der Waals surface area contributed by atoms with E-state index >= 15 is 0 Å². The van der Waals surface area contributed by atoms with Crippen LogP contribution in [-0.2, 0) is 6.54 Å². The summed E-state index contributed by atoms with van der Waals surface area (Å²) in [6.45, 7) is 3.86. The highest BCUT2D eigenvalue weighted by Crippen LogP contribution is 2.19. The van der Waals surface area contributed by atoms with E-state index in [1.165, 1.54) is 4.57 Å². The molecule has 0 fully saturated rings. The van der Waals surface area contributed by atoms with E-state index in [2.05, 4.69) is 6.58 Å². The topological polar surface area (TPSA) is 59.3 Å². The molecule has 0 unspecified atom stereocenters. The number of halogens is 2. The van der Waals surface area contributed by atoms with Crippen molar-refractivity contribution in [2.45, 2.75) is 6.54 Å². The molecule has 3 rings (SSSR count). The minimum absolute atomic E-state index is 0.127. The van der Waals surface area contributed by atoms with E-state index < -0.39 is 28.6 Å². The third-order valence-corrected chi connectivity index (χ3v) is 3.92. The van der Waals surface area contributed by atoms with Crippen LogP contribution in [0.1, 0.15) is 21.5 Å². The maximum absolute atomic E-state index is 13.6. The van der Waals surface area contributed by atoms with E-state index in [4.69, 9.17) is 0 Å². The number of hydrogen-bond acceptors (Lipinski definition) is 2. The van der Waals surface area contributed by atoms with Gasteiger partial charge in [-0.1, -0.05) is 36.9 Å². The molecule has 3 aromatic rings. The van der Waals surface area contributed by atoms with Crippen molar-refractivity contribution < 1.29 is 18.7 Å². The number of hydrogen-bond donors (Lipinski definition) is 1. The van der Waals surface area contributed by atoms with Crippen LogP contribution in [0.25, 0.3) is 17.0 Å². The fraction of sp³-hybridized carbons (Fsp3) is 0.0526. The lowest BCUT2D eigenvalue weighted by atomic mass is 10.1. The van der Waals surface area contributed by atoms with Gasteiger partial charge in [0.15, 0.2) is 11.6 Å². The molecule has 0 radical (unpaired) electrons. The van der Waals surface area contributed by atoms with E-state index in [9.17, 15) is 23.5 Å². The molecular weight excluding hydrogens is 328 g/mol. The van der Waals surface area contributed by atoms with Crippen LogP contribution in [0.4, 0.5) is 8.78 Å². The molecule has 0 saturated carbocycles. The molecular formula is C19H13F2NO3. The zero-order valence-electron chi connectivity index (χ0n) is 13.0. The molecule has 1 heterocycles. The van der Waals surface area contributed by atoms with Crippen molar-refractivity contribution in [3.63, 3.8) is 0 Å². The Morgan fingerprint density at radius 3 is 2.40 bits per heavy atom. The van der Waals surface area contributed by atoms with Gasteiger partial charge in [0.1, 0.15) is 5.56 Å². The lowest BCUT2D eigenvalue weighted by Gasteiger charge is -2.13. The second kappa shape index (κ2) is 6.32. The summed E-state index contributed by atoms with van der Waals surface area (Å²) in [6, 6.07) is 8.89. The van der Waals surface area contributed by atoms with Gasteiger partial charge in [-0.25, -0.2) is 13.6 Å². The Labute approximate surface area is 141 Å². The molecule has 1 aromatic heterocycles. The predicted octanol–water partition coefficient (Wildman–Crippen LogP) is 3.67. The highest BCUT2D eigenvalue weighted by atomic mass is 19.2. The summed E-state index contributed by atoms with van der Waals surface area (Å²) in [5.41, 5.74) is 0.493. The largest absolute Gasteiger partial charge is 0.477 e. The summed E-state index contributed by atoms with van der Waals surface area (Å²) in [4.78, 5) is 23.5. The van der Waals surface area contributed by atoms with Gasteiger partial charge in [0.25, 0.3) is 0 Å². The summed E-state index contributed by atoms with van der Waals surface area (Å²) in [7, 11) is 0. The number of carboxylic acid groups (broad SMARTS) is 1. The molecule has 0 spiro atoms. The summed E-state index contributed by atoms with van der Waals surface area (Å²) in [5.74, 6) is -3.73. The molecule has 0 atom stereocenters. The number of carbonyl (C=O) groups is 1. The van der Waals surface area contributed by atoms with Crippen molar-refractivity contribution in [2.24, 2.45) is 0 Å². The Bertz CT molecular complexity index is 1050. The third kappa shape index (κ3) is 3.06. The molecule has 1 N–H and O–H groups in total. The quantitative estimate of drug-likeness (QED) is 0.788. The standard InChI is InChI=1S/C19H13F2NO3/c1-2-11-3-5-12(6-4-11)9-22-10-14(19(24)25)18(23)13-7-15(20)16(21)8-17(13)22/h2-8,10H,1,9H2,(H,24,25). The minimum Gasteiger partial charge on any atom is -0.477 e. The zero-order chi connectivity index (χ0) is 18.1. The molecule has 0 aliphatic carbocycles. The van der Waals surface area contributed by atoms with Gasteiger partial charge in [0.05, 0.1) is 5.52 Å². The zero-order valence-corrected chi connectivity index (χ0v) is 13.0. The number of nitrogens with zero attached hydrogens (tertiary/aromatic N) is 1. The lowest BCUT2D eigenvalue weighted by molar-refractivity contribution is 0.0695. The average Bonchev–Trinajstić information content (AvgIpc) is 2.59. The van der Waals surface area contributed by atoms with Crippen LogP contribution in [0.15, 0.2) is 54.0 Å². The molecule has 4 nitrogen and oxygen atoms in total. The number of fused-ring (bicyclic) bond motifs is 1. The van der Waals surface area contributed by atoms with Crippen molar-refractivity contribution in [3.05, 3.63) is 87.7 Å². The van der Waals surface area contributed by atoms with Crippen LogP contribution in [0.3, 0.4) is 0 Å². The number of carboxylic acids is 1. The Morgan fingerprint density at radius 2 is 1.80 bits per heavy atom. The summed E-state index contributed by atoms with van der Waals surface area (Å²) < 4.78 is 28.6. The van der Waals surface area contributed by atoms with Gasteiger partial charge < -0.3 is 9.67 Å². The first-order valence-corrected chi connectivity index (χ1v) is 7.37. The first kappa shape index (κ1) is 16.6. The Hall–Kier alpha value is -3.28. The van der Waals surface area contributed by atoms with Gasteiger partial charge in [-0.05, 0) is 17.2 Å². The van der Waals surface area contributed by atoms with E-state index in [1.807, 2.05) is 12.1 Å². The summed E-state index contributed by atoms with van der Waals surface area (Å²) in [5, 5.41) is 9.04. The van der Waals surface area contributed by atoms with Crippen molar-refractivity contribution in [2.75, 3.05) is 0 Å².